The highest BCUT2D eigenvalue weighted by atomic mass is 79.9. The Morgan fingerprint density at radius 1 is 0.562 bits per heavy atom. The van der Waals surface area contributed by atoms with Crippen LogP contribution in [0.2, 0.25) is 0 Å². The van der Waals surface area contributed by atoms with Crippen molar-refractivity contribution in [3.63, 3.8) is 0 Å². The van der Waals surface area contributed by atoms with E-state index >= 15 is 0 Å². The standard InChI is InChI=1S/C14H12Br2/c15-13-7-3-11(4-8-13)1-2-12-5-9-14(16)10-6-12/h3-10H,1-2H2. The van der Waals surface area contributed by atoms with Crippen molar-refractivity contribution >= 4 is 31.9 Å². The Kier molecular flexibility index (Phi) is 4.19. The van der Waals surface area contributed by atoms with Crippen LogP contribution in [0, 0.1) is 0 Å². The first-order chi connectivity index (χ1) is 7.74. The average Bonchev–Trinajstić information content (AvgIpc) is 2.30. The molecule has 0 fully saturated rings. The quantitative estimate of drug-likeness (QED) is 0.738. The molecule has 0 aromatic heterocycles. The van der Waals surface area contributed by atoms with Gasteiger partial charge in [0.05, 0.1) is 0 Å². The molecule has 0 radical (unpaired) electrons. The predicted molar refractivity (Wildman–Crippen MR) is 75.7 cm³/mol. The van der Waals surface area contributed by atoms with Crippen LogP contribution < -0.4 is 0 Å². The SMILES string of the molecule is Brc1ccc(CCc2ccc(Br)cc2)cc1. The second kappa shape index (κ2) is 5.65. The third-order valence-corrected chi connectivity index (χ3v) is 3.59. The maximum atomic E-state index is 3.44. The molecular weight excluding hydrogens is 328 g/mol. The van der Waals surface area contributed by atoms with Crippen LogP contribution in [0.1, 0.15) is 11.1 Å². The maximum Gasteiger partial charge on any atom is 0.0175 e. The van der Waals surface area contributed by atoms with Gasteiger partial charge in [-0.1, -0.05) is 56.1 Å². The van der Waals surface area contributed by atoms with Gasteiger partial charge in [-0.3, -0.25) is 0 Å². The lowest BCUT2D eigenvalue weighted by Crippen LogP contribution is -1.90. The smallest absolute Gasteiger partial charge is 0.0175 e. The number of benzene rings is 2. The lowest BCUT2D eigenvalue weighted by molar-refractivity contribution is 0.959. The van der Waals surface area contributed by atoms with E-state index in [9.17, 15) is 0 Å². The summed E-state index contributed by atoms with van der Waals surface area (Å²) in [6, 6.07) is 17.1. The molecule has 0 heterocycles. The number of hydrogen-bond donors (Lipinski definition) is 0. The van der Waals surface area contributed by atoms with E-state index in [0.717, 1.165) is 21.8 Å². The van der Waals surface area contributed by atoms with Crippen molar-refractivity contribution in [1.29, 1.82) is 0 Å². The molecule has 16 heavy (non-hydrogen) atoms. The van der Waals surface area contributed by atoms with Gasteiger partial charge >= 0.3 is 0 Å². The van der Waals surface area contributed by atoms with Gasteiger partial charge in [0.25, 0.3) is 0 Å². The van der Waals surface area contributed by atoms with Gasteiger partial charge in [-0.05, 0) is 48.2 Å². The molecule has 2 aromatic carbocycles. The summed E-state index contributed by atoms with van der Waals surface area (Å²) in [5.74, 6) is 0. The van der Waals surface area contributed by atoms with Gasteiger partial charge in [0.15, 0.2) is 0 Å². The molecule has 0 saturated carbocycles. The Bertz CT molecular complexity index is 398. The van der Waals surface area contributed by atoms with Crippen LogP contribution in [-0.4, -0.2) is 0 Å². The largest absolute Gasteiger partial charge is 0.0579 e. The van der Waals surface area contributed by atoms with Crippen molar-refractivity contribution in [2.24, 2.45) is 0 Å². The first-order valence-electron chi connectivity index (χ1n) is 5.23. The fraction of sp³-hybridized carbons (Fsp3) is 0.143. The van der Waals surface area contributed by atoms with Crippen LogP contribution in [-0.2, 0) is 12.8 Å². The normalized spacial score (nSPS) is 10.4. The summed E-state index contributed by atoms with van der Waals surface area (Å²) in [5.41, 5.74) is 2.76. The van der Waals surface area contributed by atoms with Gasteiger partial charge in [0.1, 0.15) is 0 Å². The van der Waals surface area contributed by atoms with Crippen LogP contribution in [0.3, 0.4) is 0 Å². The van der Waals surface area contributed by atoms with Crippen LogP contribution in [0.15, 0.2) is 57.5 Å². The van der Waals surface area contributed by atoms with Gasteiger partial charge in [-0.2, -0.15) is 0 Å². The molecule has 0 aliphatic rings. The number of halogens is 2. The molecule has 0 atom stereocenters. The van der Waals surface area contributed by atoms with Gasteiger partial charge in [-0.25, -0.2) is 0 Å². The molecule has 2 aromatic rings. The molecule has 0 amide bonds. The van der Waals surface area contributed by atoms with E-state index in [0.29, 0.717) is 0 Å². The third kappa shape index (κ3) is 3.46. The minimum absolute atomic E-state index is 1.09. The van der Waals surface area contributed by atoms with Crippen LogP contribution in [0.25, 0.3) is 0 Å². The molecule has 0 N–H and O–H groups in total. The topological polar surface area (TPSA) is 0 Å². The van der Waals surface area contributed by atoms with E-state index in [1.807, 2.05) is 0 Å². The summed E-state index contributed by atoms with van der Waals surface area (Å²) in [5, 5.41) is 0. The van der Waals surface area contributed by atoms with Crippen molar-refractivity contribution in [3.8, 4) is 0 Å². The van der Waals surface area contributed by atoms with E-state index < -0.39 is 0 Å². The first-order valence-corrected chi connectivity index (χ1v) is 6.81. The maximum absolute atomic E-state index is 3.44. The molecule has 0 nitrogen and oxygen atoms in total. The summed E-state index contributed by atoms with van der Waals surface area (Å²) in [6.45, 7) is 0. The van der Waals surface area contributed by atoms with Crippen molar-refractivity contribution in [1.82, 2.24) is 0 Å². The van der Waals surface area contributed by atoms with Gasteiger partial charge in [-0.15, -0.1) is 0 Å². The Morgan fingerprint density at radius 2 is 0.875 bits per heavy atom. The van der Waals surface area contributed by atoms with Crippen LogP contribution in [0.4, 0.5) is 0 Å². The molecule has 82 valence electrons. The Balaban J connectivity index is 1.97. The van der Waals surface area contributed by atoms with Gasteiger partial charge in [0.2, 0.25) is 0 Å². The Morgan fingerprint density at radius 3 is 1.19 bits per heavy atom. The zero-order chi connectivity index (χ0) is 11.4. The Labute approximate surface area is 113 Å². The van der Waals surface area contributed by atoms with Gasteiger partial charge in [0, 0.05) is 8.95 Å². The average molecular weight is 340 g/mol. The van der Waals surface area contributed by atoms with E-state index in [-0.39, 0.29) is 0 Å². The molecule has 2 heteroatoms. The fourth-order valence-corrected chi connectivity index (χ4v) is 2.12. The molecule has 0 aliphatic heterocycles. The van der Waals surface area contributed by atoms with E-state index in [1.54, 1.807) is 0 Å². The second-order valence-corrected chi connectivity index (χ2v) is 5.58. The minimum Gasteiger partial charge on any atom is -0.0579 e. The first kappa shape index (κ1) is 11.9. The van der Waals surface area contributed by atoms with E-state index in [4.69, 9.17) is 0 Å². The molecule has 0 bridgehead atoms. The molecule has 0 spiro atoms. The third-order valence-electron chi connectivity index (χ3n) is 2.53. The minimum atomic E-state index is 1.09. The van der Waals surface area contributed by atoms with Crippen LogP contribution in [0.5, 0.6) is 0 Å². The second-order valence-electron chi connectivity index (χ2n) is 3.75. The highest BCUT2D eigenvalue weighted by molar-refractivity contribution is 9.10. The summed E-state index contributed by atoms with van der Waals surface area (Å²) in [6.07, 6.45) is 2.18. The van der Waals surface area contributed by atoms with Crippen molar-refractivity contribution in [2.45, 2.75) is 12.8 Å². The molecular formula is C14H12Br2. The lowest BCUT2D eigenvalue weighted by Gasteiger charge is -2.02. The fourth-order valence-electron chi connectivity index (χ4n) is 1.59. The molecule has 0 saturated heterocycles. The van der Waals surface area contributed by atoms with E-state index in [1.165, 1.54) is 11.1 Å². The zero-order valence-electron chi connectivity index (χ0n) is 8.79. The predicted octanol–water partition coefficient (Wildman–Crippen LogP) is 5.00. The van der Waals surface area contributed by atoms with Crippen molar-refractivity contribution in [2.75, 3.05) is 0 Å². The monoisotopic (exact) mass is 338 g/mol. The summed E-state index contributed by atoms with van der Waals surface area (Å²) in [7, 11) is 0. The molecule has 0 unspecified atom stereocenters. The lowest BCUT2D eigenvalue weighted by atomic mass is 10.0. The summed E-state index contributed by atoms with van der Waals surface area (Å²) in [4.78, 5) is 0. The molecule has 0 aliphatic carbocycles. The van der Waals surface area contributed by atoms with Crippen LogP contribution >= 0.6 is 31.9 Å². The highest BCUT2D eigenvalue weighted by Crippen LogP contribution is 2.14. The Hall–Kier alpha value is -0.600. The zero-order valence-corrected chi connectivity index (χ0v) is 12.0. The van der Waals surface area contributed by atoms with Crippen molar-refractivity contribution in [3.05, 3.63) is 68.6 Å². The number of aryl methyl sites for hydroxylation is 2. The highest BCUT2D eigenvalue weighted by Gasteiger charge is 1.96. The number of hydrogen-bond acceptors (Lipinski definition) is 0. The summed E-state index contributed by atoms with van der Waals surface area (Å²) >= 11 is 6.89. The van der Waals surface area contributed by atoms with Crippen molar-refractivity contribution < 1.29 is 0 Å². The van der Waals surface area contributed by atoms with E-state index in [2.05, 4.69) is 80.4 Å². The molecule has 2 rings (SSSR count). The van der Waals surface area contributed by atoms with Gasteiger partial charge < -0.3 is 0 Å². The number of rotatable bonds is 3. The summed E-state index contributed by atoms with van der Waals surface area (Å²) < 4.78 is 2.28.